The first-order valence-electron chi connectivity index (χ1n) is 8.65. The average molecular weight is 335 g/mol. The normalized spacial score (nSPS) is 16.4. The Balaban J connectivity index is 1.58. The van der Waals surface area contributed by atoms with Crippen LogP contribution in [-0.2, 0) is 13.0 Å². The molecule has 1 aliphatic carbocycles. The van der Waals surface area contributed by atoms with Gasteiger partial charge in [0.2, 0.25) is 0 Å². The Morgan fingerprint density at radius 3 is 2.92 bits per heavy atom. The van der Waals surface area contributed by atoms with Crippen molar-refractivity contribution in [3.8, 4) is 11.4 Å². The molecule has 1 aromatic carbocycles. The summed E-state index contributed by atoms with van der Waals surface area (Å²) in [6, 6.07) is 12.1. The van der Waals surface area contributed by atoms with Crippen molar-refractivity contribution in [1.82, 2.24) is 19.7 Å². The summed E-state index contributed by atoms with van der Waals surface area (Å²) in [5, 5.41) is 17.2. The number of hydrogen-bond donors (Lipinski definition) is 2. The molecule has 1 unspecified atom stereocenters. The second-order valence-electron chi connectivity index (χ2n) is 6.21. The van der Waals surface area contributed by atoms with Crippen LogP contribution in [0.15, 0.2) is 48.8 Å². The molecule has 128 valence electrons. The molecule has 25 heavy (non-hydrogen) atoms. The SMILES string of the molecule is OCCn1ncc2c1CCCC2Nc1ccnc(-c2ccccc2)n1. The third-order valence-electron chi connectivity index (χ3n) is 4.58. The highest BCUT2D eigenvalue weighted by Gasteiger charge is 2.24. The van der Waals surface area contributed by atoms with Crippen molar-refractivity contribution < 1.29 is 5.11 Å². The van der Waals surface area contributed by atoms with Gasteiger partial charge in [0.25, 0.3) is 0 Å². The number of aliphatic hydroxyl groups excluding tert-OH is 1. The maximum atomic E-state index is 9.19. The molecule has 0 saturated heterocycles. The quantitative estimate of drug-likeness (QED) is 0.750. The Labute approximate surface area is 146 Å². The van der Waals surface area contributed by atoms with Crippen LogP contribution >= 0.6 is 0 Å². The van der Waals surface area contributed by atoms with Crippen molar-refractivity contribution in [2.75, 3.05) is 11.9 Å². The predicted octanol–water partition coefficient (Wildman–Crippen LogP) is 2.82. The van der Waals surface area contributed by atoms with Gasteiger partial charge in [0.05, 0.1) is 25.4 Å². The average Bonchev–Trinajstić information content (AvgIpc) is 3.07. The molecule has 6 nitrogen and oxygen atoms in total. The van der Waals surface area contributed by atoms with Gasteiger partial charge in [0.15, 0.2) is 5.82 Å². The molecule has 0 amide bonds. The Hall–Kier alpha value is -2.73. The van der Waals surface area contributed by atoms with Crippen LogP contribution in [0.25, 0.3) is 11.4 Å². The zero-order chi connectivity index (χ0) is 17.1. The molecule has 0 saturated carbocycles. The third kappa shape index (κ3) is 3.25. The van der Waals surface area contributed by atoms with Gasteiger partial charge in [-0.25, -0.2) is 9.97 Å². The molecule has 0 fully saturated rings. The van der Waals surface area contributed by atoms with E-state index in [1.165, 1.54) is 11.3 Å². The van der Waals surface area contributed by atoms with E-state index in [1.807, 2.05) is 47.3 Å². The summed E-state index contributed by atoms with van der Waals surface area (Å²) in [6.07, 6.45) is 6.85. The van der Waals surface area contributed by atoms with Crippen LogP contribution in [0.5, 0.6) is 0 Å². The topological polar surface area (TPSA) is 75.9 Å². The summed E-state index contributed by atoms with van der Waals surface area (Å²) in [5.74, 6) is 1.54. The van der Waals surface area contributed by atoms with Gasteiger partial charge >= 0.3 is 0 Å². The number of hydrogen-bond acceptors (Lipinski definition) is 5. The number of fused-ring (bicyclic) bond motifs is 1. The smallest absolute Gasteiger partial charge is 0.161 e. The lowest BCUT2D eigenvalue weighted by Crippen LogP contribution is -2.19. The lowest BCUT2D eigenvalue weighted by molar-refractivity contribution is 0.266. The molecular weight excluding hydrogens is 314 g/mol. The van der Waals surface area contributed by atoms with Crippen LogP contribution < -0.4 is 5.32 Å². The molecule has 1 aliphatic rings. The summed E-state index contributed by atoms with van der Waals surface area (Å²) in [4.78, 5) is 9.04. The summed E-state index contributed by atoms with van der Waals surface area (Å²) in [5.41, 5.74) is 3.43. The minimum atomic E-state index is 0.110. The number of nitrogens with zero attached hydrogens (tertiary/aromatic N) is 4. The van der Waals surface area contributed by atoms with E-state index in [-0.39, 0.29) is 12.6 Å². The molecular formula is C19H21N5O. The van der Waals surface area contributed by atoms with E-state index in [9.17, 15) is 5.11 Å². The van der Waals surface area contributed by atoms with Crippen LogP contribution in [0.4, 0.5) is 5.82 Å². The molecule has 1 atom stereocenters. The number of aliphatic hydroxyl groups is 1. The van der Waals surface area contributed by atoms with Crippen LogP contribution in [0.2, 0.25) is 0 Å². The van der Waals surface area contributed by atoms with E-state index in [1.54, 1.807) is 6.20 Å². The zero-order valence-electron chi connectivity index (χ0n) is 14.0. The van der Waals surface area contributed by atoms with E-state index in [0.29, 0.717) is 6.54 Å². The standard InChI is InChI=1S/C19H21N5O/c25-12-11-24-17-8-4-7-16(15(17)13-21-24)22-18-9-10-20-19(23-18)14-5-2-1-3-6-14/h1-3,5-6,9-10,13,16,25H,4,7-8,11-12H2,(H,20,22,23). The van der Waals surface area contributed by atoms with Crippen molar-refractivity contribution in [2.24, 2.45) is 0 Å². The summed E-state index contributed by atoms with van der Waals surface area (Å²) >= 11 is 0. The summed E-state index contributed by atoms with van der Waals surface area (Å²) < 4.78 is 1.92. The Morgan fingerprint density at radius 1 is 1.20 bits per heavy atom. The highest BCUT2D eigenvalue weighted by atomic mass is 16.3. The number of rotatable bonds is 5. The highest BCUT2D eigenvalue weighted by molar-refractivity contribution is 5.56. The van der Waals surface area contributed by atoms with E-state index in [0.717, 1.165) is 36.5 Å². The van der Waals surface area contributed by atoms with E-state index in [4.69, 9.17) is 0 Å². The zero-order valence-corrected chi connectivity index (χ0v) is 14.0. The minimum absolute atomic E-state index is 0.110. The van der Waals surface area contributed by atoms with Crippen LogP contribution in [0.3, 0.4) is 0 Å². The minimum Gasteiger partial charge on any atom is -0.394 e. The van der Waals surface area contributed by atoms with Crippen LogP contribution in [0, 0.1) is 0 Å². The summed E-state index contributed by atoms with van der Waals surface area (Å²) in [6.45, 7) is 0.659. The lowest BCUT2D eigenvalue weighted by atomic mass is 9.93. The van der Waals surface area contributed by atoms with Crippen molar-refractivity contribution >= 4 is 5.82 Å². The first-order valence-corrected chi connectivity index (χ1v) is 8.65. The number of benzene rings is 1. The monoisotopic (exact) mass is 335 g/mol. The maximum absolute atomic E-state index is 9.19. The first-order chi connectivity index (χ1) is 12.3. The second kappa shape index (κ2) is 7.03. The van der Waals surface area contributed by atoms with Gasteiger partial charge in [0, 0.05) is 23.0 Å². The third-order valence-corrected chi connectivity index (χ3v) is 4.58. The molecule has 0 aliphatic heterocycles. The molecule has 2 N–H and O–H groups in total. The highest BCUT2D eigenvalue weighted by Crippen LogP contribution is 2.32. The number of anilines is 1. The van der Waals surface area contributed by atoms with Gasteiger partial charge in [-0.15, -0.1) is 0 Å². The summed E-state index contributed by atoms with van der Waals surface area (Å²) in [7, 11) is 0. The Kier molecular flexibility index (Phi) is 4.43. The van der Waals surface area contributed by atoms with E-state index < -0.39 is 0 Å². The van der Waals surface area contributed by atoms with Gasteiger partial charge in [0.1, 0.15) is 5.82 Å². The van der Waals surface area contributed by atoms with Gasteiger partial charge in [-0.2, -0.15) is 5.10 Å². The molecule has 2 aromatic heterocycles. The largest absolute Gasteiger partial charge is 0.394 e. The van der Waals surface area contributed by atoms with Crippen molar-refractivity contribution in [3.05, 3.63) is 60.0 Å². The molecule has 0 bridgehead atoms. The predicted molar refractivity (Wildman–Crippen MR) is 96.1 cm³/mol. The van der Waals surface area contributed by atoms with Gasteiger partial charge in [-0.3, -0.25) is 4.68 Å². The molecule has 0 radical (unpaired) electrons. The van der Waals surface area contributed by atoms with Gasteiger partial charge in [-0.05, 0) is 25.3 Å². The molecule has 6 heteroatoms. The van der Waals surface area contributed by atoms with Gasteiger partial charge in [-0.1, -0.05) is 30.3 Å². The lowest BCUT2D eigenvalue weighted by Gasteiger charge is -2.24. The molecule has 3 aromatic rings. The van der Waals surface area contributed by atoms with Crippen LogP contribution in [0.1, 0.15) is 30.1 Å². The van der Waals surface area contributed by atoms with Gasteiger partial charge < -0.3 is 10.4 Å². The fourth-order valence-electron chi connectivity index (χ4n) is 3.40. The molecule has 2 heterocycles. The number of aromatic nitrogens is 4. The first kappa shape index (κ1) is 15.8. The Bertz CT molecular complexity index is 846. The fraction of sp³-hybridized carbons (Fsp3) is 0.316. The van der Waals surface area contributed by atoms with Crippen molar-refractivity contribution in [2.45, 2.75) is 31.8 Å². The van der Waals surface area contributed by atoms with Crippen molar-refractivity contribution in [3.63, 3.8) is 0 Å². The van der Waals surface area contributed by atoms with E-state index >= 15 is 0 Å². The van der Waals surface area contributed by atoms with Crippen LogP contribution in [-0.4, -0.2) is 31.5 Å². The van der Waals surface area contributed by atoms with Crippen molar-refractivity contribution in [1.29, 1.82) is 0 Å². The second-order valence-corrected chi connectivity index (χ2v) is 6.21. The number of nitrogens with one attached hydrogen (secondary N) is 1. The maximum Gasteiger partial charge on any atom is 0.161 e. The Morgan fingerprint density at radius 2 is 2.08 bits per heavy atom. The van der Waals surface area contributed by atoms with E-state index in [2.05, 4.69) is 20.4 Å². The fourth-order valence-corrected chi connectivity index (χ4v) is 3.40. The molecule has 4 rings (SSSR count). The molecule has 0 spiro atoms.